The van der Waals surface area contributed by atoms with Crippen molar-refractivity contribution >= 4 is 28.4 Å². The molecule has 174 valence electrons. The quantitative estimate of drug-likeness (QED) is 0.197. The number of benzene rings is 2. The Morgan fingerprint density at radius 2 is 1.89 bits per heavy atom. The van der Waals surface area contributed by atoms with Crippen molar-refractivity contribution in [3.8, 4) is 17.5 Å². The lowest BCUT2D eigenvalue weighted by molar-refractivity contribution is 0.102. The van der Waals surface area contributed by atoms with Gasteiger partial charge in [-0.15, -0.1) is 10.2 Å². The van der Waals surface area contributed by atoms with Crippen LogP contribution < -0.4 is 0 Å². The number of thioether (sulfide) groups is 1. The average Bonchev–Trinajstić information content (AvgIpc) is 3.59. The predicted octanol–water partition coefficient (Wildman–Crippen LogP) is 5.74. The van der Waals surface area contributed by atoms with Crippen molar-refractivity contribution in [2.24, 2.45) is 0 Å². The van der Waals surface area contributed by atoms with Crippen molar-refractivity contribution in [1.29, 1.82) is 5.26 Å². The second kappa shape index (κ2) is 10.0. The molecule has 5 rings (SSSR count). The number of rotatable bonds is 9. The highest BCUT2D eigenvalue weighted by molar-refractivity contribution is 7.99. The van der Waals surface area contributed by atoms with Gasteiger partial charge in [-0.3, -0.25) is 9.36 Å². The van der Waals surface area contributed by atoms with Crippen LogP contribution in [0.25, 0.3) is 22.3 Å². The molecule has 8 heteroatoms. The number of fused-ring (bicyclic) bond motifs is 1. The molecule has 0 aliphatic heterocycles. The number of para-hydroxylation sites is 1. The Morgan fingerprint density at radius 3 is 2.66 bits per heavy atom. The van der Waals surface area contributed by atoms with E-state index in [1.807, 2.05) is 70.8 Å². The maximum Gasteiger partial charge on any atom is 0.192 e. The molecule has 2 aromatic carbocycles. The molecular formula is C27H23N5O2S. The second-order valence-electron chi connectivity index (χ2n) is 8.14. The molecule has 7 nitrogen and oxygen atoms in total. The third-order valence-electron chi connectivity index (χ3n) is 5.89. The number of hydrogen-bond donors (Lipinski definition) is 0. The van der Waals surface area contributed by atoms with Crippen LogP contribution in [0.2, 0.25) is 0 Å². The van der Waals surface area contributed by atoms with E-state index in [0.29, 0.717) is 36.1 Å². The minimum Gasteiger partial charge on any atom is -0.469 e. The van der Waals surface area contributed by atoms with Crippen LogP contribution >= 0.6 is 11.8 Å². The van der Waals surface area contributed by atoms with Gasteiger partial charge in [-0.1, -0.05) is 60.3 Å². The van der Waals surface area contributed by atoms with E-state index in [0.717, 1.165) is 27.8 Å². The fraction of sp³-hybridized carbons (Fsp3) is 0.185. The fourth-order valence-electron chi connectivity index (χ4n) is 4.15. The number of furan rings is 1. The molecule has 0 aliphatic carbocycles. The van der Waals surface area contributed by atoms with E-state index in [1.54, 1.807) is 6.26 Å². The maximum absolute atomic E-state index is 13.3. The van der Waals surface area contributed by atoms with Crippen molar-refractivity contribution in [2.45, 2.75) is 31.6 Å². The minimum atomic E-state index is 0.0113. The summed E-state index contributed by atoms with van der Waals surface area (Å²) in [5, 5.41) is 19.4. The number of nitrogens with zero attached hydrogens (tertiary/aromatic N) is 5. The molecule has 3 heterocycles. The largest absolute Gasteiger partial charge is 0.469 e. The Kier molecular flexibility index (Phi) is 6.51. The van der Waals surface area contributed by atoms with Crippen LogP contribution in [0, 0.1) is 18.3 Å². The van der Waals surface area contributed by atoms with Gasteiger partial charge in [0.1, 0.15) is 5.76 Å². The first-order valence-electron chi connectivity index (χ1n) is 11.3. The lowest BCUT2D eigenvalue weighted by Gasteiger charge is -2.10. The van der Waals surface area contributed by atoms with Gasteiger partial charge >= 0.3 is 0 Å². The van der Waals surface area contributed by atoms with Crippen LogP contribution in [0.4, 0.5) is 0 Å². The first-order chi connectivity index (χ1) is 17.2. The van der Waals surface area contributed by atoms with Crippen molar-refractivity contribution < 1.29 is 9.21 Å². The summed E-state index contributed by atoms with van der Waals surface area (Å²) in [5.41, 5.74) is 3.61. The van der Waals surface area contributed by atoms with Crippen LogP contribution in [-0.2, 0) is 13.1 Å². The number of carbonyl (C=O) groups excluding carboxylic acids is 1. The number of carbonyl (C=O) groups is 1. The Bertz CT molecular complexity index is 1520. The fourth-order valence-corrected chi connectivity index (χ4v) is 4.97. The first-order valence-corrected chi connectivity index (χ1v) is 12.3. The molecule has 5 aromatic rings. The van der Waals surface area contributed by atoms with Gasteiger partial charge in [0.2, 0.25) is 0 Å². The lowest BCUT2D eigenvalue weighted by atomic mass is 10.1. The van der Waals surface area contributed by atoms with Gasteiger partial charge in [0.15, 0.2) is 16.8 Å². The van der Waals surface area contributed by atoms with Crippen molar-refractivity contribution in [3.63, 3.8) is 0 Å². The maximum atomic E-state index is 13.3. The zero-order valence-corrected chi connectivity index (χ0v) is 20.0. The van der Waals surface area contributed by atoms with Crippen LogP contribution in [0.5, 0.6) is 0 Å². The summed E-state index contributed by atoms with van der Waals surface area (Å²) in [6.45, 7) is 3.03. The van der Waals surface area contributed by atoms with Gasteiger partial charge in [-0.05, 0) is 24.6 Å². The zero-order chi connectivity index (χ0) is 24.2. The summed E-state index contributed by atoms with van der Waals surface area (Å²) in [6, 6.07) is 22.0. The molecule has 0 amide bonds. The summed E-state index contributed by atoms with van der Waals surface area (Å²) < 4.78 is 9.51. The number of aromatic nitrogens is 4. The van der Waals surface area contributed by atoms with E-state index in [1.165, 1.54) is 11.8 Å². The van der Waals surface area contributed by atoms with Crippen molar-refractivity contribution in [1.82, 2.24) is 19.3 Å². The Hall–Kier alpha value is -4.09. The monoisotopic (exact) mass is 481 g/mol. The Balaban J connectivity index is 1.43. The minimum absolute atomic E-state index is 0.0113. The van der Waals surface area contributed by atoms with Crippen LogP contribution in [0.15, 0.2) is 82.7 Å². The standard InChI is InChI=1S/C27H23N5O2S/c1-19-21(12-15-34-19)26-29-30-27(32(26)16-20-8-3-2-4-9-20)35-18-25(33)23-17-31(14-7-13-28)24-11-6-5-10-22(23)24/h2-6,8-12,15,17H,7,14,16,18H2,1H3. The smallest absolute Gasteiger partial charge is 0.192 e. The highest BCUT2D eigenvalue weighted by atomic mass is 32.2. The molecule has 0 aliphatic rings. The topological polar surface area (TPSA) is 89.6 Å². The molecule has 0 bridgehead atoms. The van der Waals surface area contributed by atoms with Crippen molar-refractivity contribution in [3.05, 3.63) is 90.0 Å². The van der Waals surface area contributed by atoms with Gasteiger partial charge in [-0.2, -0.15) is 5.26 Å². The zero-order valence-electron chi connectivity index (χ0n) is 19.2. The van der Waals surface area contributed by atoms with Gasteiger partial charge in [0.05, 0.1) is 36.6 Å². The molecule has 0 spiro atoms. The van der Waals surface area contributed by atoms with Gasteiger partial charge in [-0.25, -0.2) is 0 Å². The van der Waals surface area contributed by atoms with Crippen LogP contribution in [0.1, 0.15) is 28.1 Å². The second-order valence-corrected chi connectivity index (χ2v) is 9.08. The number of ketones is 1. The molecule has 0 N–H and O–H groups in total. The summed E-state index contributed by atoms with van der Waals surface area (Å²) in [7, 11) is 0. The lowest BCUT2D eigenvalue weighted by Crippen LogP contribution is -2.07. The number of hydrogen-bond acceptors (Lipinski definition) is 6. The molecule has 0 atom stereocenters. The van der Waals surface area contributed by atoms with Gasteiger partial charge in [0, 0.05) is 29.2 Å². The van der Waals surface area contributed by atoms with E-state index in [-0.39, 0.29) is 11.5 Å². The Labute approximate surface area is 207 Å². The van der Waals surface area contributed by atoms with Gasteiger partial charge < -0.3 is 8.98 Å². The molecule has 0 fully saturated rings. The first kappa shape index (κ1) is 22.7. The molecule has 0 unspecified atom stereocenters. The third kappa shape index (κ3) is 4.63. The van der Waals surface area contributed by atoms with E-state index in [2.05, 4.69) is 28.4 Å². The normalized spacial score (nSPS) is 11.1. The molecule has 35 heavy (non-hydrogen) atoms. The van der Waals surface area contributed by atoms with Crippen LogP contribution in [-0.4, -0.2) is 30.9 Å². The molecule has 0 radical (unpaired) electrons. The summed E-state index contributed by atoms with van der Waals surface area (Å²) >= 11 is 1.38. The molecule has 3 aromatic heterocycles. The average molecular weight is 482 g/mol. The molecule has 0 saturated carbocycles. The molecule has 0 saturated heterocycles. The highest BCUT2D eigenvalue weighted by Crippen LogP contribution is 2.29. The summed E-state index contributed by atoms with van der Waals surface area (Å²) in [4.78, 5) is 13.3. The predicted molar refractivity (Wildman–Crippen MR) is 135 cm³/mol. The Morgan fingerprint density at radius 1 is 1.09 bits per heavy atom. The van der Waals surface area contributed by atoms with Crippen molar-refractivity contribution in [2.75, 3.05) is 5.75 Å². The summed E-state index contributed by atoms with van der Waals surface area (Å²) in [6.07, 6.45) is 3.89. The van der Waals surface area contributed by atoms with Gasteiger partial charge in [0.25, 0.3) is 0 Å². The van der Waals surface area contributed by atoms with Crippen LogP contribution in [0.3, 0.4) is 0 Å². The number of Topliss-reactive ketones (excluding diaryl/α,β-unsaturated/α-hetero) is 1. The number of nitriles is 1. The highest BCUT2D eigenvalue weighted by Gasteiger charge is 2.20. The van der Waals surface area contributed by atoms with E-state index < -0.39 is 0 Å². The number of aryl methyl sites for hydroxylation is 2. The summed E-state index contributed by atoms with van der Waals surface area (Å²) in [5.74, 6) is 1.72. The van der Waals surface area contributed by atoms with E-state index in [4.69, 9.17) is 9.68 Å². The van der Waals surface area contributed by atoms with E-state index >= 15 is 0 Å². The SMILES string of the molecule is Cc1occc1-c1nnc(SCC(=O)c2cn(CCC#N)c3ccccc23)n1Cc1ccccc1. The van der Waals surface area contributed by atoms with E-state index in [9.17, 15) is 4.79 Å². The molecular weight excluding hydrogens is 458 g/mol. The third-order valence-corrected chi connectivity index (χ3v) is 6.85.